The lowest BCUT2D eigenvalue weighted by molar-refractivity contribution is 0.102. The Bertz CT molecular complexity index is 1020. The van der Waals surface area contributed by atoms with Crippen LogP contribution in [0.2, 0.25) is 5.02 Å². The second kappa shape index (κ2) is 6.96. The maximum absolute atomic E-state index is 12.8. The quantitative estimate of drug-likeness (QED) is 0.737. The zero-order valence-electron chi connectivity index (χ0n) is 15.0. The van der Waals surface area contributed by atoms with Crippen LogP contribution in [0.4, 0.5) is 5.69 Å². The van der Waals surface area contributed by atoms with E-state index >= 15 is 0 Å². The lowest BCUT2D eigenvalue weighted by atomic mass is 10.1. The Morgan fingerprint density at radius 1 is 1.15 bits per heavy atom. The van der Waals surface area contributed by atoms with Crippen LogP contribution in [-0.4, -0.2) is 28.9 Å². The molecule has 6 nitrogen and oxygen atoms in total. The van der Waals surface area contributed by atoms with E-state index in [0.29, 0.717) is 41.0 Å². The smallest absolute Gasteiger partial charge is 0.255 e. The molecule has 4 rings (SSSR count). The Labute approximate surface area is 161 Å². The van der Waals surface area contributed by atoms with Crippen molar-refractivity contribution in [3.63, 3.8) is 0 Å². The number of nitrogens with one attached hydrogen (secondary N) is 1. The molecule has 1 aromatic heterocycles. The molecule has 1 aliphatic rings. The summed E-state index contributed by atoms with van der Waals surface area (Å²) >= 11 is 6.24. The number of para-hydroxylation sites is 1. The van der Waals surface area contributed by atoms with Crippen LogP contribution in [0.5, 0.6) is 11.5 Å². The van der Waals surface area contributed by atoms with Gasteiger partial charge in [0.1, 0.15) is 13.2 Å². The third-order valence-corrected chi connectivity index (χ3v) is 4.67. The van der Waals surface area contributed by atoms with Crippen LogP contribution in [0.1, 0.15) is 21.7 Å². The summed E-state index contributed by atoms with van der Waals surface area (Å²) in [4.78, 5) is 12.8. The summed E-state index contributed by atoms with van der Waals surface area (Å²) in [5.41, 5.74) is 3.58. The maximum Gasteiger partial charge on any atom is 0.255 e. The van der Waals surface area contributed by atoms with Crippen LogP contribution in [0.15, 0.2) is 42.5 Å². The minimum Gasteiger partial charge on any atom is -0.486 e. The molecule has 0 bridgehead atoms. The van der Waals surface area contributed by atoms with Gasteiger partial charge in [0.25, 0.3) is 5.91 Å². The number of amides is 1. The first-order valence-corrected chi connectivity index (χ1v) is 8.94. The predicted octanol–water partition coefficient (Wildman–Crippen LogP) is 4.17. The standard InChI is InChI=1S/C20H18ClN3O3/c1-12-18(13(2)24(23-12)15-6-4-3-5-7-15)22-20(25)14-10-16(21)19-17(11-14)26-8-9-27-19/h3-7,10-11H,8-9H2,1-2H3,(H,22,25). The molecule has 7 heteroatoms. The number of aryl methyl sites for hydroxylation is 1. The molecule has 138 valence electrons. The van der Waals surface area contributed by atoms with E-state index in [4.69, 9.17) is 21.1 Å². The average Bonchev–Trinajstić information content (AvgIpc) is 2.97. The Morgan fingerprint density at radius 3 is 2.67 bits per heavy atom. The molecular formula is C20H18ClN3O3. The fourth-order valence-electron chi connectivity index (χ4n) is 3.07. The Balaban J connectivity index is 1.64. The van der Waals surface area contributed by atoms with Gasteiger partial charge in [-0.05, 0) is 38.1 Å². The molecule has 0 saturated carbocycles. The zero-order chi connectivity index (χ0) is 19.0. The van der Waals surface area contributed by atoms with Gasteiger partial charge >= 0.3 is 0 Å². The number of nitrogens with zero attached hydrogens (tertiary/aromatic N) is 2. The summed E-state index contributed by atoms with van der Waals surface area (Å²) in [5.74, 6) is 0.670. The van der Waals surface area contributed by atoms with E-state index in [1.54, 1.807) is 12.1 Å². The van der Waals surface area contributed by atoms with Crippen molar-refractivity contribution in [2.45, 2.75) is 13.8 Å². The van der Waals surface area contributed by atoms with Gasteiger partial charge < -0.3 is 14.8 Å². The molecule has 1 amide bonds. The van der Waals surface area contributed by atoms with Gasteiger partial charge in [-0.25, -0.2) is 4.68 Å². The maximum atomic E-state index is 12.8. The SMILES string of the molecule is Cc1nn(-c2ccccc2)c(C)c1NC(=O)c1cc(Cl)c2c(c1)OCCO2. The van der Waals surface area contributed by atoms with E-state index < -0.39 is 0 Å². The third-order valence-electron chi connectivity index (χ3n) is 4.39. The molecular weight excluding hydrogens is 366 g/mol. The first-order valence-electron chi connectivity index (χ1n) is 8.56. The van der Waals surface area contributed by atoms with Crippen LogP contribution >= 0.6 is 11.6 Å². The van der Waals surface area contributed by atoms with E-state index in [2.05, 4.69) is 10.4 Å². The number of carbonyl (C=O) groups excluding carboxylic acids is 1. The highest BCUT2D eigenvalue weighted by Gasteiger charge is 2.21. The van der Waals surface area contributed by atoms with Gasteiger partial charge in [0.15, 0.2) is 11.5 Å². The second-order valence-electron chi connectivity index (χ2n) is 6.23. The van der Waals surface area contributed by atoms with Gasteiger partial charge in [0.05, 0.1) is 27.8 Å². The number of carbonyl (C=O) groups is 1. The summed E-state index contributed by atoms with van der Waals surface area (Å²) in [5, 5.41) is 7.84. The number of rotatable bonds is 3. The van der Waals surface area contributed by atoms with Crippen LogP contribution in [-0.2, 0) is 0 Å². The average molecular weight is 384 g/mol. The molecule has 27 heavy (non-hydrogen) atoms. The number of benzene rings is 2. The molecule has 0 atom stereocenters. The minimum atomic E-state index is -0.285. The van der Waals surface area contributed by atoms with Crippen LogP contribution in [0, 0.1) is 13.8 Å². The van der Waals surface area contributed by atoms with Crippen LogP contribution in [0.3, 0.4) is 0 Å². The zero-order valence-corrected chi connectivity index (χ0v) is 15.7. The lowest BCUT2D eigenvalue weighted by Crippen LogP contribution is -2.18. The fraction of sp³-hybridized carbons (Fsp3) is 0.200. The molecule has 0 saturated heterocycles. The number of anilines is 1. The summed E-state index contributed by atoms with van der Waals surface area (Å²) < 4.78 is 12.9. The van der Waals surface area contributed by atoms with Crippen molar-refractivity contribution in [3.05, 3.63) is 64.4 Å². The molecule has 0 unspecified atom stereocenters. The van der Waals surface area contributed by atoms with Crippen molar-refractivity contribution >= 4 is 23.2 Å². The Hall–Kier alpha value is -2.99. The monoisotopic (exact) mass is 383 g/mol. The fourth-order valence-corrected chi connectivity index (χ4v) is 3.34. The van der Waals surface area contributed by atoms with E-state index in [9.17, 15) is 4.79 Å². The molecule has 2 heterocycles. The number of fused-ring (bicyclic) bond motifs is 1. The van der Waals surface area contributed by atoms with E-state index in [1.165, 1.54) is 0 Å². The number of halogens is 1. The number of ether oxygens (including phenoxy) is 2. The summed E-state index contributed by atoms with van der Waals surface area (Å²) in [6.07, 6.45) is 0. The van der Waals surface area contributed by atoms with E-state index in [-0.39, 0.29) is 5.91 Å². The third kappa shape index (κ3) is 3.24. The van der Waals surface area contributed by atoms with Crippen molar-refractivity contribution in [2.24, 2.45) is 0 Å². The topological polar surface area (TPSA) is 65.4 Å². The summed E-state index contributed by atoms with van der Waals surface area (Å²) in [7, 11) is 0. The van der Waals surface area contributed by atoms with E-state index in [0.717, 1.165) is 17.1 Å². The number of hydrogen-bond donors (Lipinski definition) is 1. The Kier molecular flexibility index (Phi) is 4.49. The van der Waals surface area contributed by atoms with Crippen molar-refractivity contribution in [2.75, 3.05) is 18.5 Å². The van der Waals surface area contributed by atoms with Crippen LogP contribution in [0.25, 0.3) is 5.69 Å². The summed E-state index contributed by atoms with van der Waals surface area (Å²) in [6.45, 7) is 4.64. The molecule has 0 radical (unpaired) electrons. The first-order chi connectivity index (χ1) is 13.0. The van der Waals surface area contributed by atoms with Gasteiger partial charge in [-0.3, -0.25) is 4.79 Å². The van der Waals surface area contributed by atoms with E-state index in [1.807, 2.05) is 48.9 Å². The van der Waals surface area contributed by atoms with Gasteiger partial charge in [-0.1, -0.05) is 29.8 Å². The molecule has 0 aliphatic carbocycles. The highest BCUT2D eigenvalue weighted by atomic mass is 35.5. The molecule has 0 fully saturated rings. The normalized spacial score (nSPS) is 12.7. The largest absolute Gasteiger partial charge is 0.486 e. The summed E-state index contributed by atoms with van der Waals surface area (Å²) in [6, 6.07) is 13.0. The first kappa shape index (κ1) is 17.4. The van der Waals surface area contributed by atoms with Crippen molar-refractivity contribution in [1.29, 1.82) is 0 Å². The van der Waals surface area contributed by atoms with Crippen molar-refractivity contribution < 1.29 is 14.3 Å². The highest BCUT2D eigenvalue weighted by molar-refractivity contribution is 6.32. The highest BCUT2D eigenvalue weighted by Crippen LogP contribution is 2.38. The molecule has 0 spiro atoms. The minimum absolute atomic E-state index is 0.285. The van der Waals surface area contributed by atoms with Crippen molar-refractivity contribution in [1.82, 2.24) is 9.78 Å². The molecule has 1 N–H and O–H groups in total. The van der Waals surface area contributed by atoms with Crippen LogP contribution < -0.4 is 14.8 Å². The number of hydrogen-bond acceptors (Lipinski definition) is 4. The molecule has 1 aliphatic heterocycles. The lowest BCUT2D eigenvalue weighted by Gasteiger charge is -2.20. The second-order valence-corrected chi connectivity index (χ2v) is 6.64. The van der Waals surface area contributed by atoms with Gasteiger partial charge in [0.2, 0.25) is 0 Å². The van der Waals surface area contributed by atoms with Gasteiger partial charge in [-0.15, -0.1) is 0 Å². The molecule has 3 aromatic rings. The van der Waals surface area contributed by atoms with Crippen molar-refractivity contribution in [3.8, 4) is 17.2 Å². The van der Waals surface area contributed by atoms with Gasteiger partial charge in [0, 0.05) is 5.56 Å². The predicted molar refractivity (Wildman–Crippen MR) is 103 cm³/mol. The Morgan fingerprint density at radius 2 is 1.89 bits per heavy atom. The van der Waals surface area contributed by atoms with Gasteiger partial charge in [-0.2, -0.15) is 5.10 Å². The number of aromatic nitrogens is 2. The molecule has 2 aromatic carbocycles.